The summed E-state index contributed by atoms with van der Waals surface area (Å²) in [7, 11) is 0. The van der Waals surface area contributed by atoms with Crippen molar-refractivity contribution in [2.75, 3.05) is 32.7 Å². The van der Waals surface area contributed by atoms with E-state index in [-0.39, 0.29) is 36.3 Å². The number of likely N-dealkylation sites (tertiary alicyclic amines) is 1. The second-order valence-electron chi connectivity index (χ2n) is 7.30. The van der Waals surface area contributed by atoms with Crippen LogP contribution in [-0.2, 0) is 14.4 Å². The molecule has 0 bridgehead atoms. The van der Waals surface area contributed by atoms with Gasteiger partial charge in [-0.2, -0.15) is 0 Å². The third kappa shape index (κ3) is 6.30. The molecule has 0 atom stereocenters. The third-order valence-corrected chi connectivity index (χ3v) is 5.37. The van der Waals surface area contributed by atoms with E-state index in [1.165, 1.54) is 45.4 Å². The van der Waals surface area contributed by atoms with Crippen LogP contribution in [0.3, 0.4) is 0 Å². The van der Waals surface area contributed by atoms with Crippen molar-refractivity contribution < 1.29 is 14.4 Å². The highest BCUT2D eigenvalue weighted by molar-refractivity contribution is 5.87. The van der Waals surface area contributed by atoms with Crippen LogP contribution in [0.15, 0.2) is 0 Å². The molecule has 7 nitrogen and oxygen atoms in total. The van der Waals surface area contributed by atoms with Crippen LogP contribution in [0.5, 0.6) is 0 Å². The molecule has 1 saturated carbocycles. The molecule has 7 heteroatoms. The van der Waals surface area contributed by atoms with Gasteiger partial charge in [0.25, 0.3) is 0 Å². The first-order valence-electron chi connectivity index (χ1n) is 9.55. The average Bonchev–Trinajstić information content (AvgIpc) is 2.64. The van der Waals surface area contributed by atoms with Crippen molar-refractivity contribution in [2.24, 2.45) is 0 Å². The number of amides is 3. The molecule has 0 spiro atoms. The minimum absolute atomic E-state index is 0.0471. The van der Waals surface area contributed by atoms with Crippen LogP contribution in [0.25, 0.3) is 0 Å². The number of nitrogens with zero attached hydrogens (tertiary/aromatic N) is 1. The fourth-order valence-corrected chi connectivity index (χ4v) is 3.95. The summed E-state index contributed by atoms with van der Waals surface area (Å²) in [5.74, 6) is -0.785. The highest BCUT2D eigenvalue weighted by Gasteiger charge is 2.38. The van der Waals surface area contributed by atoms with Crippen LogP contribution in [0.1, 0.15) is 58.3 Å². The van der Waals surface area contributed by atoms with Crippen molar-refractivity contribution in [1.82, 2.24) is 20.9 Å². The molecule has 1 saturated heterocycles. The van der Waals surface area contributed by atoms with Gasteiger partial charge in [-0.25, -0.2) is 0 Å². The summed E-state index contributed by atoms with van der Waals surface area (Å²) in [6.45, 7) is 4.12. The minimum Gasteiger partial charge on any atom is -0.353 e. The SMILES string of the molecule is CC(=O)NCC(=O)NCC(=O)NCC1(N2CCCCC2)CCCCC1. The molecule has 1 heterocycles. The lowest BCUT2D eigenvalue weighted by molar-refractivity contribution is -0.127. The molecule has 0 unspecified atom stereocenters. The van der Waals surface area contributed by atoms with Gasteiger partial charge in [-0.05, 0) is 38.8 Å². The largest absolute Gasteiger partial charge is 0.353 e. The maximum Gasteiger partial charge on any atom is 0.239 e. The molecule has 0 aromatic carbocycles. The van der Waals surface area contributed by atoms with Crippen LogP contribution >= 0.6 is 0 Å². The van der Waals surface area contributed by atoms with Crippen molar-refractivity contribution in [3.63, 3.8) is 0 Å². The Balaban J connectivity index is 1.78. The molecule has 3 N–H and O–H groups in total. The topological polar surface area (TPSA) is 90.5 Å². The summed E-state index contributed by atoms with van der Waals surface area (Å²) in [4.78, 5) is 37.0. The standard InChI is InChI=1S/C18H32N4O3/c1-15(23)19-12-16(24)20-13-17(25)21-14-18(8-4-2-5-9-18)22-10-6-3-7-11-22/h2-14H2,1H3,(H,19,23)(H,20,24)(H,21,25). The average molecular weight is 352 g/mol. The van der Waals surface area contributed by atoms with E-state index in [0.717, 1.165) is 25.9 Å². The normalized spacial score (nSPS) is 20.5. The van der Waals surface area contributed by atoms with Crippen molar-refractivity contribution in [3.8, 4) is 0 Å². The molecular formula is C18H32N4O3. The predicted octanol–water partition coefficient (Wildman–Crippen LogP) is 0.544. The number of carbonyl (C=O) groups is 3. The zero-order valence-corrected chi connectivity index (χ0v) is 15.4. The number of carbonyl (C=O) groups excluding carboxylic acids is 3. The second-order valence-corrected chi connectivity index (χ2v) is 7.30. The van der Waals surface area contributed by atoms with Crippen LogP contribution in [0, 0.1) is 0 Å². The fraction of sp³-hybridized carbons (Fsp3) is 0.833. The maximum atomic E-state index is 12.1. The van der Waals surface area contributed by atoms with E-state index >= 15 is 0 Å². The van der Waals surface area contributed by atoms with Crippen molar-refractivity contribution in [3.05, 3.63) is 0 Å². The Morgan fingerprint density at radius 3 is 2.00 bits per heavy atom. The smallest absolute Gasteiger partial charge is 0.239 e. The molecular weight excluding hydrogens is 320 g/mol. The number of rotatable bonds is 7. The lowest BCUT2D eigenvalue weighted by atomic mass is 9.79. The van der Waals surface area contributed by atoms with Gasteiger partial charge >= 0.3 is 0 Å². The van der Waals surface area contributed by atoms with Gasteiger partial charge in [0.15, 0.2) is 0 Å². The van der Waals surface area contributed by atoms with Crippen molar-refractivity contribution >= 4 is 17.7 Å². The first-order chi connectivity index (χ1) is 12.0. The Hall–Kier alpha value is -1.63. The molecule has 0 aromatic rings. The van der Waals surface area contributed by atoms with Gasteiger partial charge in [0.05, 0.1) is 13.1 Å². The van der Waals surface area contributed by atoms with Gasteiger partial charge in [-0.15, -0.1) is 0 Å². The van der Waals surface area contributed by atoms with E-state index in [4.69, 9.17) is 0 Å². The van der Waals surface area contributed by atoms with Gasteiger partial charge in [0, 0.05) is 19.0 Å². The lowest BCUT2D eigenvalue weighted by Gasteiger charge is -2.48. The zero-order valence-electron chi connectivity index (χ0n) is 15.4. The maximum absolute atomic E-state index is 12.1. The Bertz CT molecular complexity index is 469. The minimum atomic E-state index is -0.353. The molecule has 2 rings (SSSR count). The summed E-state index contributed by atoms with van der Waals surface area (Å²) in [5.41, 5.74) is 0.0918. The van der Waals surface area contributed by atoms with Gasteiger partial charge < -0.3 is 16.0 Å². The molecule has 142 valence electrons. The van der Waals surface area contributed by atoms with E-state index in [0.29, 0.717) is 6.54 Å². The summed E-state index contributed by atoms with van der Waals surface area (Å²) >= 11 is 0. The van der Waals surface area contributed by atoms with E-state index in [9.17, 15) is 14.4 Å². The molecule has 3 amide bonds. The third-order valence-electron chi connectivity index (χ3n) is 5.37. The molecule has 2 aliphatic rings. The Kier molecular flexibility index (Phi) is 7.68. The summed E-state index contributed by atoms with van der Waals surface area (Å²) < 4.78 is 0. The monoisotopic (exact) mass is 352 g/mol. The van der Waals surface area contributed by atoms with E-state index in [1.807, 2.05) is 0 Å². The zero-order chi connectivity index (χ0) is 18.1. The summed E-state index contributed by atoms with van der Waals surface area (Å²) in [6.07, 6.45) is 9.80. The number of nitrogens with one attached hydrogen (secondary N) is 3. The van der Waals surface area contributed by atoms with Gasteiger partial charge in [-0.3, -0.25) is 19.3 Å². The predicted molar refractivity (Wildman–Crippen MR) is 95.9 cm³/mol. The number of piperidine rings is 1. The van der Waals surface area contributed by atoms with Gasteiger partial charge in [0.2, 0.25) is 17.7 Å². The van der Waals surface area contributed by atoms with Crippen LogP contribution in [0.4, 0.5) is 0 Å². The summed E-state index contributed by atoms with van der Waals surface area (Å²) in [5, 5.41) is 7.98. The van der Waals surface area contributed by atoms with Gasteiger partial charge in [-0.1, -0.05) is 25.7 Å². The van der Waals surface area contributed by atoms with E-state index in [2.05, 4.69) is 20.9 Å². The lowest BCUT2D eigenvalue weighted by Crippen LogP contribution is -2.58. The Labute approximate surface area is 150 Å². The van der Waals surface area contributed by atoms with E-state index < -0.39 is 0 Å². The molecule has 0 aromatic heterocycles. The van der Waals surface area contributed by atoms with Crippen molar-refractivity contribution in [1.29, 1.82) is 0 Å². The Morgan fingerprint density at radius 2 is 1.36 bits per heavy atom. The first kappa shape index (κ1) is 19.7. The number of hydrogen-bond acceptors (Lipinski definition) is 4. The van der Waals surface area contributed by atoms with E-state index in [1.54, 1.807) is 0 Å². The highest BCUT2D eigenvalue weighted by Crippen LogP contribution is 2.35. The quantitative estimate of drug-likeness (QED) is 0.624. The van der Waals surface area contributed by atoms with Crippen molar-refractivity contribution in [2.45, 2.75) is 63.8 Å². The Morgan fingerprint density at radius 1 is 0.800 bits per heavy atom. The fourth-order valence-electron chi connectivity index (χ4n) is 3.95. The summed E-state index contributed by atoms with van der Waals surface area (Å²) in [6, 6.07) is 0. The second kappa shape index (κ2) is 9.75. The van der Waals surface area contributed by atoms with Crippen LogP contribution in [0.2, 0.25) is 0 Å². The molecule has 1 aliphatic carbocycles. The van der Waals surface area contributed by atoms with Crippen LogP contribution in [-0.4, -0.2) is 60.9 Å². The van der Waals surface area contributed by atoms with Gasteiger partial charge in [0.1, 0.15) is 0 Å². The number of hydrogen-bond donors (Lipinski definition) is 3. The molecule has 1 aliphatic heterocycles. The molecule has 25 heavy (non-hydrogen) atoms. The molecule has 2 fully saturated rings. The first-order valence-corrected chi connectivity index (χ1v) is 9.55. The highest BCUT2D eigenvalue weighted by atomic mass is 16.2. The molecule has 0 radical (unpaired) electrons. The van der Waals surface area contributed by atoms with Crippen LogP contribution < -0.4 is 16.0 Å².